The lowest BCUT2D eigenvalue weighted by molar-refractivity contribution is -0.242. The maximum Gasteiger partial charge on any atom is 0.323 e. The fourth-order valence-electron chi connectivity index (χ4n) is 3.94. The summed E-state index contributed by atoms with van der Waals surface area (Å²) in [5, 5.41) is 31.9. The topological polar surface area (TPSA) is 165 Å². The Labute approximate surface area is 217 Å². The van der Waals surface area contributed by atoms with Crippen LogP contribution in [0, 0.1) is 0 Å². The summed E-state index contributed by atoms with van der Waals surface area (Å²) in [6.45, 7) is -0.345. The van der Waals surface area contributed by atoms with Gasteiger partial charge in [-0.3, -0.25) is 29.8 Å². The number of fused-ring (bicyclic) bond motifs is 1. The molecule has 0 aromatic heterocycles. The standard InChI is InChI=1S/C25H25N5O8/c1-28(15-22(31)32)18-8-4-17(5-9-18)26-21-14-20-23(29(25(21)34)11-13-38-36)27-30(24(20)33)19-6-2-16(3-7-19)10-12-37-35/h2-9,14,35-36H,10-13,15H2,1H3,(H,31,32). The normalized spacial score (nSPS) is 16.0. The molecule has 0 spiro atoms. The van der Waals surface area contributed by atoms with Crippen LogP contribution in [0.15, 0.2) is 70.3 Å². The van der Waals surface area contributed by atoms with E-state index in [-0.39, 0.29) is 43.4 Å². The fraction of sp³-hybridized carbons (Fsp3) is 0.240. The Morgan fingerprint density at radius 1 is 1.00 bits per heavy atom. The van der Waals surface area contributed by atoms with Crippen LogP contribution < -0.4 is 9.91 Å². The van der Waals surface area contributed by atoms with Crippen molar-refractivity contribution in [2.24, 2.45) is 10.1 Å². The van der Waals surface area contributed by atoms with Crippen molar-refractivity contribution in [3.05, 3.63) is 65.7 Å². The largest absolute Gasteiger partial charge is 0.480 e. The average Bonchev–Trinajstić information content (AvgIpc) is 3.23. The zero-order valence-corrected chi connectivity index (χ0v) is 20.4. The van der Waals surface area contributed by atoms with Crippen LogP contribution in [0.4, 0.5) is 17.1 Å². The molecule has 4 rings (SSSR count). The smallest absolute Gasteiger partial charge is 0.323 e. The van der Waals surface area contributed by atoms with Gasteiger partial charge in [0.2, 0.25) is 0 Å². The van der Waals surface area contributed by atoms with Gasteiger partial charge in [0.05, 0.1) is 30.1 Å². The lowest BCUT2D eigenvalue weighted by Crippen LogP contribution is -2.46. The van der Waals surface area contributed by atoms with Crippen LogP contribution in [-0.4, -0.2) is 83.2 Å². The molecule has 13 nitrogen and oxygen atoms in total. The molecule has 0 unspecified atom stereocenters. The third kappa shape index (κ3) is 5.76. The number of carbonyl (C=O) groups is 3. The number of carboxylic acid groups (broad SMARTS) is 1. The van der Waals surface area contributed by atoms with Gasteiger partial charge >= 0.3 is 5.97 Å². The van der Waals surface area contributed by atoms with Crippen molar-refractivity contribution in [1.29, 1.82) is 0 Å². The first-order chi connectivity index (χ1) is 18.3. The lowest BCUT2D eigenvalue weighted by atomic mass is 10.1. The number of aliphatic carboxylic acids is 1. The van der Waals surface area contributed by atoms with Gasteiger partial charge in [-0.2, -0.15) is 5.01 Å². The molecule has 3 N–H and O–H groups in total. The predicted molar refractivity (Wildman–Crippen MR) is 136 cm³/mol. The van der Waals surface area contributed by atoms with Gasteiger partial charge in [-0.15, -0.1) is 5.10 Å². The van der Waals surface area contributed by atoms with Crippen molar-refractivity contribution in [3.8, 4) is 0 Å². The first kappa shape index (κ1) is 26.6. The molecule has 198 valence electrons. The van der Waals surface area contributed by atoms with Crippen molar-refractivity contribution in [2.45, 2.75) is 6.42 Å². The van der Waals surface area contributed by atoms with Gasteiger partial charge in [0.1, 0.15) is 18.9 Å². The summed E-state index contributed by atoms with van der Waals surface area (Å²) in [5.41, 5.74) is 2.55. The molecule has 38 heavy (non-hydrogen) atoms. The number of aliphatic imine (C=N–C) groups is 1. The second-order valence-corrected chi connectivity index (χ2v) is 8.40. The van der Waals surface area contributed by atoms with Gasteiger partial charge < -0.3 is 10.0 Å². The molecule has 0 aliphatic carbocycles. The van der Waals surface area contributed by atoms with E-state index in [1.807, 2.05) is 0 Å². The Balaban J connectivity index is 1.63. The molecule has 2 aliphatic rings. The summed E-state index contributed by atoms with van der Waals surface area (Å²) < 4.78 is 0. The van der Waals surface area contributed by atoms with E-state index >= 15 is 0 Å². The minimum absolute atomic E-state index is 0.0157. The number of benzene rings is 2. The Morgan fingerprint density at radius 2 is 1.68 bits per heavy atom. The van der Waals surface area contributed by atoms with Crippen molar-refractivity contribution in [2.75, 3.05) is 43.3 Å². The second-order valence-electron chi connectivity index (χ2n) is 8.40. The van der Waals surface area contributed by atoms with Crippen LogP contribution in [0.2, 0.25) is 0 Å². The number of hydrogen-bond donors (Lipinski definition) is 3. The van der Waals surface area contributed by atoms with Crippen molar-refractivity contribution in [1.82, 2.24) is 4.90 Å². The van der Waals surface area contributed by atoms with E-state index in [4.69, 9.17) is 15.6 Å². The number of amidine groups is 1. The molecule has 2 aromatic carbocycles. The van der Waals surface area contributed by atoms with Crippen molar-refractivity contribution < 1.29 is 39.8 Å². The predicted octanol–water partition coefficient (Wildman–Crippen LogP) is 1.93. The third-order valence-corrected chi connectivity index (χ3v) is 5.84. The van der Waals surface area contributed by atoms with Gasteiger partial charge in [-0.05, 0) is 54.5 Å². The van der Waals surface area contributed by atoms with Crippen molar-refractivity contribution in [3.63, 3.8) is 0 Å². The first-order valence-electron chi connectivity index (χ1n) is 11.5. The Kier molecular flexibility index (Phi) is 8.23. The highest BCUT2D eigenvalue weighted by Gasteiger charge is 2.41. The monoisotopic (exact) mass is 523 g/mol. The summed E-state index contributed by atoms with van der Waals surface area (Å²) in [6.07, 6.45) is 1.85. The first-order valence-corrected chi connectivity index (χ1v) is 11.5. The van der Waals surface area contributed by atoms with Gasteiger partial charge in [0.25, 0.3) is 11.8 Å². The van der Waals surface area contributed by atoms with E-state index in [9.17, 15) is 14.4 Å². The Bertz CT molecular complexity index is 1300. The highest BCUT2D eigenvalue weighted by molar-refractivity contribution is 6.53. The number of carbonyl (C=O) groups excluding carboxylic acids is 2. The molecule has 2 aliphatic heterocycles. The number of anilines is 2. The van der Waals surface area contributed by atoms with Crippen LogP contribution in [0.5, 0.6) is 0 Å². The summed E-state index contributed by atoms with van der Waals surface area (Å²) in [5.74, 6) is -1.86. The maximum absolute atomic E-state index is 13.3. The highest BCUT2D eigenvalue weighted by Crippen LogP contribution is 2.29. The lowest BCUT2D eigenvalue weighted by Gasteiger charge is -2.25. The Morgan fingerprint density at radius 3 is 2.32 bits per heavy atom. The maximum atomic E-state index is 13.3. The quantitative estimate of drug-likeness (QED) is 0.295. The van der Waals surface area contributed by atoms with E-state index in [2.05, 4.69) is 19.9 Å². The van der Waals surface area contributed by atoms with Crippen LogP contribution in [0.25, 0.3) is 0 Å². The van der Waals surface area contributed by atoms with Gasteiger partial charge in [0.15, 0.2) is 5.84 Å². The number of likely N-dealkylation sites (N-methyl/N-ethyl adjacent to an activating group) is 1. The van der Waals surface area contributed by atoms with Gasteiger partial charge in [-0.25, -0.2) is 14.8 Å². The number of hydrogen-bond acceptors (Lipinski definition) is 10. The van der Waals surface area contributed by atoms with Gasteiger partial charge in [0, 0.05) is 12.7 Å². The molecule has 2 amide bonds. The molecule has 0 radical (unpaired) electrons. The third-order valence-electron chi connectivity index (χ3n) is 5.84. The zero-order chi connectivity index (χ0) is 27.2. The molecular formula is C25H25N5O8. The van der Waals surface area contributed by atoms with E-state index in [1.54, 1.807) is 60.5 Å². The van der Waals surface area contributed by atoms with E-state index < -0.39 is 17.8 Å². The molecule has 0 fully saturated rings. The second kappa shape index (κ2) is 11.7. The highest BCUT2D eigenvalue weighted by atomic mass is 17.1. The number of rotatable bonds is 11. The number of carboxylic acids is 1. The minimum atomic E-state index is -0.969. The number of hydrazone groups is 1. The summed E-state index contributed by atoms with van der Waals surface area (Å²) >= 11 is 0. The zero-order valence-electron chi connectivity index (χ0n) is 20.4. The molecule has 2 aromatic rings. The average molecular weight is 524 g/mol. The molecule has 13 heteroatoms. The van der Waals surface area contributed by atoms with E-state index in [0.29, 0.717) is 23.5 Å². The minimum Gasteiger partial charge on any atom is -0.480 e. The number of amides is 2. The van der Waals surface area contributed by atoms with Crippen molar-refractivity contribution >= 4 is 46.4 Å². The molecule has 2 heterocycles. The molecule has 0 saturated carbocycles. The fourth-order valence-corrected chi connectivity index (χ4v) is 3.94. The molecule has 0 saturated heterocycles. The summed E-state index contributed by atoms with van der Waals surface area (Å²) in [4.78, 5) is 52.9. The molecule has 0 atom stereocenters. The molecule has 0 bridgehead atoms. The summed E-state index contributed by atoms with van der Waals surface area (Å²) in [7, 11) is 1.64. The van der Waals surface area contributed by atoms with E-state index in [0.717, 1.165) is 5.56 Å². The summed E-state index contributed by atoms with van der Waals surface area (Å²) in [6, 6.07) is 13.5. The Hall–Kier alpha value is -4.43. The SMILES string of the molecule is CN(CC(=O)O)c1ccc(N=C2C=C3C(=O)N(c4ccc(CCOO)cc4)N=C3N(CCOO)C2=O)cc1. The van der Waals surface area contributed by atoms with Crippen LogP contribution >= 0.6 is 0 Å². The molecular weight excluding hydrogens is 498 g/mol. The van der Waals surface area contributed by atoms with Crippen LogP contribution in [0.1, 0.15) is 5.56 Å². The van der Waals surface area contributed by atoms with Crippen LogP contribution in [0.3, 0.4) is 0 Å². The number of nitrogens with zero attached hydrogens (tertiary/aromatic N) is 5. The van der Waals surface area contributed by atoms with Gasteiger partial charge in [-0.1, -0.05) is 12.1 Å². The van der Waals surface area contributed by atoms with E-state index in [1.165, 1.54) is 16.0 Å². The van der Waals surface area contributed by atoms with Crippen LogP contribution in [-0.2, 0) is 30.6 Å².